The Bertz CT molecular complexity index is 897. The highest BCUT2D eigenvalue weighted by atomic mass is 32.1. The van der Waals surface area contributed by atoms with Crippen molar-refractivity contribution in [2.24, 2.45) is 0 Å². The van der Waals surface area contributed by atoms with E-state index in [1.54, 1.807) is 5.38 Å². The van der Waals surface area contributed by atoms with E-state index in [-0.39, 0.29) is 11.6 Å². The van der Waals surface area contributed by atoms with Gasteiger partial charge in [-0.3, -0.25) is 14.9 Å². The van der Waals surface area contributed by atoms with Crippen molar-refractivity contribution in [3.05, 3.63) is 34.4 Å². The molecular weight excluding hydrogens is 304 g/mol. The van der Waals surface area contributed by atoms with Crippen LogP contribution in [0.4, 0.5) is 5.13 Å². The molecule has 3 rings (SSSR count). The number of ketones is 1. The minimum Gasteiger partial charge on any atom is -0.295 e. The van der Waals surface area contributed by atoms with Gasteiger partial charge < -0.3 is 0 Å². The minimum absolute atomic E-state index is 0.000718. The van der Waals surface area contributed by atoms with E-state index in [9.17, 15) is 9.59 Å². The number of hydrogen-bond donors (Lipinski definition) is 1. The van der Waals surface area contributed by atoms with Gasteiger partial charge in [-0.1, -0.05) is 0 Å². The molecule has 0 atom stereocenters. The molecule has 0 aromatic carbocycles. The Morgan fingerprint density at radius 1 is 1.23 bits per heavy atom. The molecule has 0 saturated heterocycles. The van der Waals surface area contributed by atoms with E-state index in [0.29, 0.717) is 16.6 Å². The summed E-state index contributed by atoms with van der Waals surface area (Å²) >= 11 is 1.17. The van der Waals surface area contributed by atoms with Crippen LogP contribution in [0.25, 0.3) is 5.78 Å². The van der Waals surface area contributed by atoms with E-state index in [0.717, 1.165) is 11.4 Å². The SMILES string of the molecule is CC(=O)c1csc(NC(=O)c2nc3nc(C)cc(C)n3n2)n1. The number of rotatable bonds is 3. The molecule has 3 heterocycles. The third-order valence-electron chi connectivity index (χ3n) is 2.91. The maximum atomic E-state index is 12.2. The van der Waals surface area contributed by atoms with Gasteiger partial charge in [0.25, 0.3) is 11.7 Å². The largest absolute Gasteiger partial charge is 0.297 e. The average Bonchev–Trinajstić information content (AvgIpc) is 3.05. The second-order valence-corrected chi connectivity index (χ2v) is 5.59. The van der Waals surface area contributed by atoms with Crippen molar-refractivity contribution in [1.29, 1.82) is 0 Å². The highest BCUT2D eigenvalue weighted by Gasteiger charge is 2.17. The summed E-state index contributed by atoms with van der Waals surface area (Å²) in [5.41, 5.74) is 1.95. The molecule has 0 bridgehead atoms. The van der Waals surface area contributed by atoms with Crippen molar-refractivity contribution < 1.29 is 9.59 Å². The molecule has 3 aromatic heterocycles. The molecule has 22 heavy (non-hydrogen) atoms. The van der Waals surface area contributed by atoms with Gasteiger partial charge in [-0.15, -0.1) is 16.4 Å². The molecule has 0 fully saturated rings. The number of thiazole rings is 1. The van der Waals surface area contributed by atoms with E-state index >= 15 is 0 Å². The van der Waals surface area contributed by atoms with Gasteiger partial charge in [0.2, 0.25) is 5.82 Å². The Balaban J connectivity index is 1.88. The Hall–Kier alpha value is -2.68. The number of aryl methyl sites for hydroxylation is 2. The summed E-state index contributed by atoms with van der Waals surface area (Å²) < 4.78 is 1.50. The first-order chi connectivity index (χ1) is 10.4. The molecule has 0 aliphatic heterocycles. The molecule has 9 heteroatoms. The highest BCUT2D eigenvalue weighted by Crippen LogP contribution is 2.16. The third-order valence-corrected chi connectivity index (χ3v) is 3.66. The monoisotopic (exact) mass is 316 g/mol. The van der Waals surface area contributed by atoms with Crippen LogP contribution in [0.3, 0.4) is 0 Å². The Kier molecular flexibility index (Phi) is 3.41. The third kappa shape index (κ3) is 2.58. The fourth-order valence-electron chi connectivity index (χ4n) is 1.91. The van der Waals surface area contributed by atoms with Gasteiger partial charge in [0, 0.05) is 23.7 Å². The van der Waals surface area contributed by atoms with Gasteiger partial charge in [0.15, 0.2) is 10.9 Å². The van der Waals surface area contributed by atoms with Gasteiger partial charge >= 0.3 is 0 Å². The maximum Gasteiger partial charge on any atom is 0.297 e. The van der Waals surface area contributed by atoms with Crippen molar-refractivity contribution in [2.75, 3.05) is 5.32 Å². The van der Waals surface area contributed by atoms with Crippen LogP contribution < -0.4 is 5.32 Å². The van der Waals surface area contributed by atoms with Crippen molar-refractivity contribution in [2.45, 2.75) is 20.8 Å². The highest BCUT2D eigenvalue weighted by molar-refractivity contribution is 7.14. The summed E-state index contributed by atoms with van der Waals surface area (Å²) in [7, 11) is 0. The second-order valence-electron chi connectivity index (χ2n) is 4.73. The van der Waals surface area contributed by atoms with Crippen molar-refractivity contribution in [3.8, 4) is 0 Å². The molecule has 1 amide bonds. The predicted molar refractivity (Wildman–Crippen MR) is 80.3 cm³/mol. The predicted octanol–water partition coefficient (Wildman–Crippen LogP) is 1.65. The topological polar surface area (TPSA) is 102 Å². The van der Waals surface area contributed by atoms with Crippen LogP contribution >= 0.6 is 11.3 Å². The van der Waals surface area contributed by atoms with Gasteiger partial charge in [-0.05, 0) is 19.9 Å². The zero-order valence-corrected chi connectivity index (χ0v) is 12.9. The normalized spacial score (nSPS) is 10.9. The number of carbonyl (C=O) groups is 2. The number of hydrogen-bond acceptors (Lipinski definition) is 7. The lowest BCUT2D eigenvalue weighted by Gasteiger charge is -1.97. The number of anilines is 1. The minimum atomic E-state index is -0.494. The molecule has 8 nitrogen and oxygen atoms in total. The molecule has 112 valence electrons. The number of nitrogens with zero attached hydrogens (tertiary/aromatic N) is 5. The summed E-state index contributed by atoms with van der Waals surface area (Å²) in [6.45, 7) is 5.12. The molecular formula is C13H12N6O2S. The average molecular weight is 316 g/mol. The number of nitrogens with one attached hydrogen (secondary N) is 1. The summed E-state index contributed by atoms with van der Waals surface area (Å²) in [6, 6.07) is 1.85. The van der Waals surface area contributed by atoms with E-state index in [1.165, 1.54) is 22.8 Å². The van der Waals surface area contributed by atoms with Crippen LogP contribution in [0.2, 0.25) is 0 Å². The lowest BCUT2D eigenvalue weighted by atomic mass is 10.4. The number of amides is 1. The zero-order chi connectivity index (χ0) is 15.9. The van der Waals surface area contributed by atoms with Crippen LogP contribution in [0.5, 0.6) is 0 Å². The van der Waals surface area contributed by atoms with Crippen LogP contribution in [0, 0.1) is 13.8 Å². The van der Waals surface area contributed by atoms with Gasteiger partial charge in [-0.2, -0.15) is 4.98 Å². The first-order valence-corrected chi connectivity index (χ1v) is 7.31. The fraction of sp³-hybridized carbons (Fsp3) is 0.231. The fourth-order valence-corrected chi connectivity index (χ4v) is 2.65. The lowest BCUT2D eigenvalue weighted by Crippen LogP contribution is -2.14. The van der Waals surface area contributed by atoms with Crippen molar-refractivity contribution in [3.63, 3.8) is 0 Å². The van der Waals surface area contributed by atoms with E-state index in [4.69, 9.17) is 0 Å². The molecule has 0 saturated carbocycles. The molecule has 1 N–H and O–H groups in total. The van der Waals surface area contributed by atoms with Crippen molar-refractivity contribution in [1.82, 2.24) is 24.6 Å². The van der Waals surface area contributed by atoms with E-state index < -0.39 is 5.91 Å². The number of Topliss-reactive ketones (excluding diaryl/α,β-unsaturated/α-hetero) is 1. The summed E-state index contributed by atoms with van der Waals surface area (Å²) in [5.74, 6) is -0.281. The molecule has 0 radical (unpaired) electrons. The first-order valence-electron chi connectivity index (χ1n) is 6.43. The van der Waals surface area contributed by atoms with Crippen LogP contribution in [-0.2, 0) is 0 Å². The van der Waals surface area contributed by atoms with E-state index in [2.05, 4.69) is 25.4 Å². The molecule has 0 aliphatic rings. The summed E-state index contributed by atoms with van der Waals surface area (Å²) in [4.78, 5) is 35.7. The molecule has 0 unspecified atom stereocenters. The number of carbonyl (C=O) groups excluding carboxylic acids is 2. The molecule has 0 aliphatic carbocycles. The molecule has 0 spiro atoms. The zero-order valence-electron chi connectivity index (χ0n) is 12.1. The van der Waals surface area contributed by atoms with Gasteiger partial charge in [0.05, 0.1) is 0 Å². The van der Waals surface area contributed by atoms with Gasteiger partial charge in [0.1, 0.15) is 5.69 Å². The van der Waals surface area contributed by atoms with Crippen LogP contribution in [0.1, 0.15) is 39.4 Å². The van der Waals surface area contributed by atoms with Crippen LogP contribution in [0.15, 0.2) is 11.4 Å². The Morgan fingerprint density at radius 2 is 2.00 bits per heavy atom. The second kappa shape index (κ2) is 5.26. The molecule has 3 aromatic rings. The standard InChI is InChI=1S/C13H12N6O2S/c1-6-4-7(2)19-12(14-6)16-10(18-19)11(21)17-13-15-9(5-22-13)8(3)20/h4-5H,1-3H3,(H,15,17,21). The quantitative estimate of drug-likeness (QED) is 0.737. The van der Waals surface area contributed by atoms with E-state index in [1.807, 2.05) is 19.9 Å². The van der Waals surface area contributed by atoms with Crippen molar-refractivity contribution >= 4 is 33.9 Å². The Morgan fingerprint density at radius 3 is 2.68 bits per heavy atom. The summed E-state index contributed by atoms with van der Waals surface area (Å²) in [6.07, 6.45) is 0. The smallest absolute Gasteiger partial charge is 0.295 e. The summed E-state index contributed by atoms with van der Waals surface area (Å²) in [5, 5.41) is 8.63. The Labute approximate surface area is 129 Å². The number of fused-ring (bicyclic) bond motifs is 1. The van der Waals surface area contributed by atoms with Crippen LogP contribution in [-0.4, -0.2) is 36.3 Å². The first kappa shape index (κ1) is 14.3. The lowest BCUT2D eigenvalue weighted by molar-refractivity contribution is 0.1000. The van der Waals surface area contributed by atoms with Gasteiger partial charge in [-0.25, -0.2) is 14.5 Å². The number of aromatic nitrogens is 5. The maximum absolute atomic E-state index is 12.2.